The molecule has 0 saturated heterocycles. The molecule has 0 amide bonds. The number of ether oxygens (including phenoxy) is 2. The average molecular weight is 252 g/mol. The van der Waals surface area contributed by atoms with E-state index in [1.165, 1.54) is 0 Å². The maximum absolute atomic E-state index is 12.0. The highest BCUT2D eigenvalue weighted by Gasteiger charge is 2.24. The van der Waals surface area contributed by atoms with E-state index < -0.39 is 10.8 Å². The second-order valence-electron chi connectivity index (χ2n) is 4.07. The Morgan fingerprint density at radius 2 is 1.82 bits per heavy atom. The fourth-order valence-electron chi connectivity index (χ4n) is 2.08. The van der Waals surface area contributed by atoms with Crippen LogP contribution in [0.25, 0.3) is 0 Å². The Morgan fingerprint density at radius 3 is 2.59 bits per heavy atom. The van der Waals surface area contributed by atoms with Crippen molar-refractivity contribution in [3.8, 4) is 11.5 Å². The number of benzene rings is 1. The van der Waals surface area contributed by atoms with E-state index in [2.05, 4.69) is 0 Å². The minimum Gasteiger partial charge on any atom is -0.486 e. The van der Waals surface area contributed by atoms with Gasteiger partial charge in [-0.25, -0.2) is 0 Å². The fourth-order valence-corrected chi connectivity index (χ4v) is 3.37. The summed E-state index contributed by atoms with van der Waals surface area (Å²) in [6.07, 6.45) is 1.13. The lowest BCUT2D eigenvalue weighted by atomic mass is 10.1. The van der Waals surface area contributed by atoms with Crippen molar-refractivity contribution in [3.05, 3.63) is 17.7 Å². The van der Waals surface area contributed by atoms with Gasteiger partial charge in [-0.1, -0.05) is 0 Å². The van der Waals surface area contributed by atoms with Crippen LogP contribution in [-0.2, 0) is 10.8 Å². The first-order chi connectivity index (χ1) is 8.25. The van der Waals surface area contributed by atoms with Gasteiger partial charge in [0.25, 0.3) is 0 Å². The van der Waals surface area contributed by atoms with Crippen molar-refractivity contribution in [1.82, 2.24) is 0 Å². The molecule has 2 aliphatic heterocycles. The summed E-state index contributed by atoms with van der Waals surface area (Å²) in [5.74, 6) is 1.77. The van der Waals surface area contributed by atoms with Crippen molar-refractivity contribution >= 4 is 16.6 Å². The molecule has 0 bridgehead atoms. The SMILES string of the molecule is O=C1CCCS(=O)c2cc3c(cc21)OCCO3. The summed E-state index contributed by atoms with van der Waals surface area (Å²) in [5, 5.41) is 0. The maximum atomic E-state index is 12.0. The number of hydrogen-bond acceptors (Lipinski definition) is 4. The number of ketones is 1. The Hall–Kier alpha value is -1.36. The van der Waals surface area contributed by atoms with E-state index in [4.69, 9.17) is 9.47 Å². The van der Waals surface area contributed by atoms with Gasteiger partial charge in [-0.3, -0.25) is 9.00 Å². The smallest absolute Gasteiger partial charge is 0.164 e. The Bertz CT molecular complexity index is 464. The molecule has 1 atom stereocenters. The first-order valence-corrected chi connectivity index (χ1v) is 6.93. The number of hydrogen-bond donors (Lipinski definition) is 0. The van der Waals surface area contributed by atoms with Gasteiger partial charge in [-0.2, -0.15) is 0 Å². The van der Waals surface area contributed by atoms with Crippen molar-refractivity contribution in [2.75, 3.05) is 19.0 Å². The zero-order valence-electron chi connectivity index (χ0n) is 9.23. The summed E-state index contributed by atoms with van der Waals surface area (Å²) in [4.78, 5) is 12.5. The summed E-state index contributed by atoms with van der Waals surface area (Å²) in [6, 6.07) is 3.37. The molecule has 0 saturated carbocycles. The molecule has 2 heterocycles. The van der Waals surface area contributed by atoms with Crippen molar-refractivity contribution in [2.45, 2.75) is 17.7 Å². The van der Waals surface area contributed by atoms with Gasteiger partial charge in [0.2, 0.25) is 0 Å². The third-order valence-corrected chi connectivity index (χ3v) is 4.41. The van der Waals surface area contributed by atoms with E-state index >= 15 is 0 Å². The predicted molar refractivity (Wildman–Crippen MR) is 62.3 cm³/mol. The van der Waals surface area contributed by atoms with Crippen LogP contribution in [0.5, 0.6) is 11.5 Å². The monoisotopic (exact) mass is 252 g/mol. The van der Waals surface area contributed by atoms with E-state index in [0.717, 1.165) is 0 Å². The first-order valence-electron chi connectivity index (χ1n) is 5.61. The van der Waals surface area contributed by atoms with Crippen molar-refractivity contribution in [3.63, 3.8) is 0 Å². The minimum atomic E-state index is -1.11. The molecular weight excluding hydrogens is 240 g/mol. The molecule has 4 nitrogen and oxygen atoms in total. The predicted octanol–water partition coefficient (Wildman–Crippen LogP) is 1.54. The number of rotatable bonds is 0. The van der Waals surface area contributed by atoms with E-state index in [-0.39, 0.29) is 5.78 Å². The Morgan fingerprint density at radius 1 is 1.12 bits per heavy atom. The van der Waals surface area contributed by atoms with Crippen molar-refractivity contribution in [1.29, 1.82) is 0 Å². The van der Waals surface area contributed by atoms with Crippen LogP contribution in [0.4, 0.5) is 0 Å². The van der Waals surface area contributed by atoms with Crippen LogP contribution in [0.1, 0.15) is 23.2 Å². The van der Waals surface area contributed by atoms with Crippen LogP contribution in [0.15, 0.2) is 17.0 Å². The van der Waals surface area contributed by atoms with Crippen molar-refractivity contribution in [2.24, 2.45) is 0 Å². The zero-order valence-corrected chi connectivity index (χ0v) is 10.0. The molecule has 3 rings (SSSR count). The van der Waals surface area contributed by atoms with E-state index in [1.807, 2.05) is 0 Å². The van der Waals surface area contributed by atoms with E-state index in [0.29, 0.717) is 53.8 Å². The molecule has 2 aliphatic rings. The Labute approximate surface area is 101 Å². The lowest BCUT2D eigenvalue weighted by Gasteiger charge is -2.19. The van der Waals surface area contributed by atoms with Gasteiger partial charge in [0.05, 0.1) is 15.7 Å². The quantitative estimate of drug-likeness (QED) is 0.703. The molecule has 0 spiro atoms. The van der Waals surface area contributed by atoms with Gasteiger partial charge < -0.3 is 9.47 Å². The molecule has 0 radical (unpaired) electrons. The van der Waals surface area contributed by atoms with Crippen LogP contribution in [0.3, 0.4) is 0 Å². The number of Topliss-reactive ketones (excluding diaryl/α,β-unsaturated/α-hetero) is 1. The second-order valence-corrected chi connectivity index (χ2v) is 5.61. The molecule has 0 fully saturated rings. The summed E-state index contributed by atoms with van der Waals surface area (Å²) in [5.41, 5.74) is 0.532. The van der Waals surface area contributed by atoms with Crippen LogP contribution >= 0.6 is 0 Å². The highest BCUT2D eigenvalue weighted by Crippen LogP contribution is 2.36. The molecule has 90 valence electrons. The molecule has 5 heteroatoms. The Kier molecular flexibility index (Phi) is 2.63. The van der Waals surface area contributed by atoms with Gasteiger partial charge in [0.1, 0.15) is 13.2 Å². The average Bonchev–Trinajstić information content (AvgIpc) is 2.48. The van der Waals surface area contributed by atoms with Gasteiger partial charge in [-0.15, -0.1) is 0 Å². The molecule has 1 aromatic rings. The van der Waals surface area contributed by atoms with E-state index in [1.54, 1.807) is 12.1 Å². The molecule has 17 heavy (non-hydrogen) atoms. The number of carbonyl (C=O) groups is 1. The van der Waals surface area contributed by atoms with Gasteiger partial charge in [-0.05, 0) is 12.5 Å². The molecule has 0 N–H and O–H groups in total. The van der Waals surface area contributed by atoms with Gasteiger partial charge in [0.15, 0.2) is 17.3 Å². The van der Waals surface area contributed by atoms with Crippen LogP contribution in [0.2, 0.25) is 0 Å². The van der Waals surface area contributed by atoms with Crippen LogP contribution in [0, 0.1) is 0 Å². The normalized spacial score (nSPS) is 22.8. The first kappa shape index (κ1) is 10.8. The molecule has 0 aliphatic carbocycles. The third-order valence-electron chi connectivity index (χ3n) is 2.92. The molecule has 1 unspecified atom stereocenters. The molecule has 0 aromatic heterocycles. The molecule has 1 aromatic carbocycles. The van der Waals surface area contributed by atoms with E-state index in [9.17, 15) is 9.00 Å². The second kappa shape index (κ2) is 4.14. The number of carbonyl (C=O) groups excluding carboxylic acids is 1. The van der Waals surface area contributed by atoms with Crippen LogP contribution in [-0.4, -0.2) is 29.0 Å². The highest BCUT2D eigenvalue weighted by molar-refractivity contribution is 7.85. The summed E-state index contributed by atoms with van der Waals surface area (Å²) >= 11 is 0. The standard InChI is InChI=1S/C12H12O4S/c13-9-2-1-5-17(14)12-7-11-10(6-8(9)12)15-3-4-16-11/h6-7H,1-5H2. The van der Waals surface area contributed by atoms with Gasteiger partial charge in [0, 0.05) is 23.8 Å². The fraction of sp³-hybridized carbons (Fsp3) is 0.417. The largest absolute Gasteiger partial charge is 0.486 e. The lowest BCUT2D eigenvalue weighted by molar-refractivity contribution is 0.0978. The minimum absolute atomic E-state index is 0.0443. The van der Waals surface area contributed by atoms with Gasteiger partial charge >= 0.3 is 0 Å². The highest BCUT2D eigenvalue weighted by atomic mass is 32.2. The Balaban J connectivity index is 2.17. The topological polar surface area (TPSA) is 52.6 Å². The molecular formula is C12H12O4S. The zero-order chi connectivity index (χ0) is 11.8. The summed E-state index contributed by atoms with van der Waals surface area (Å²) in [6.45, 7) is 0.982. The lowest BCUT2D eigenvalue weighted by Crippen LogP contribution is -2.16. The van der Waals surface area contributed by atoms with Crippen LogP contribution < -0.4 is 9.47 Å². The maximum Gasteiger partial charge on any atom is 0.164 e. The summed E-state index contributed by atoms with van der Waals surface area (Å²) < 4.78 is 22.9. The third kappa shape index (κ3) is 1.84. The van der Waals surface area contributed by atoms with Crippen molar-refractivity contribution < 1.29 is 18.5 Å². The summed E-state index contributed by atoms with van der Waals surface area (Å²) in [7, 11) is -1.11. The number of fused-ring (bicyclic) bond motifs is 2.